The highest BCUT2D eigenvalue weighted by atomic mass is 19.5. The number of hydrogen-bond donors (Lipinski definition) is 0. The molecule has 15 heavy (non-hydrogen) atoms. The quantitative estimate of drug-likeness (QED) is 0.436. The molecule has 0 fully saturated rings. The fourth-order valence-electron chi connectivity index (χ4n) is 0.963. The molecule has 2 nitrogen and oxygen atoms in total. The van der Waals surface area contributed by atoms with Crippen molar-refractivity contribution in [3.8, 4) is 0 Å². The van der Waals surface area contributed by atoms with Crippen molar-refractivity contribution in [2.24, 2.45) is 0 Å². The van der Waals surface area contributed by atoms with Crippen LogP contribution >= 0.6 is 0 Å². The summed E-state index contributed by atoms with van der Waals surface area (Å²) in [6.07, 6.45) is 9.58. The monoisotopic (exact) mass is 225 g/mol. The number of hydrogen-bond acceptors (Lipinski definition) is 1. The largest absolute Gasteiger partial charge is 0.673 e. The van der Waals surface area contributed by atoms with E-state index in [0.717, 1.165) is 6.54 Å². The lowest BCUT2D eigenvalue weighted by Crippen LogP contribution is -2.02. The van der Waals surface area contributed by atoms with Gasteiger partial charge >= 0.3 is 7.25 Å². The van der Waals surface area contributed by atoms with Crippen molar-refractivity contribution in [3.05, 3.63) is 18.7 Å². The average Bonchev–Trinajstić information content (AvgIpc) is 2.54. The summed E-state index contributed by atoms with van der Waals surface area (Å²) < 4.78 is 41.1. The zero-order valence-electron chi connectivity index (χ0n) is 8.54. The van der Waals surface area contributed by atoms with Gasteiger partial charge in [-0.3, -0.25) is 0 Å². The minimum atomic E-state index is -6.00. The Morgan fingerprint density at radius 2 is 1.80 bits per heavy atom. The van der Waals surface area contributed by atoms with Crippen LogP contribution in [0, 0.1) is 0 Å². The maximum atomic E-state index is 9.75. The van der Waals surface area contributed by atoms with E-state index >= 15 is 0 Å². The first-order chi connectivity index (χ1) is 6.93. The highest BCUT2D eigenvalue weighted by Gasteiger charge is 2.20. The number of halogens is 4. The Morgan fingerprint density at radius 3 is 2.20 bits per heavy atom. The van der Waals surface area contributed by atoms with Crippen molar-refractivity contribution in [1.82, 2.24) is 9.55 Å². The molecule has 0 N–H and O–H groups in total. The topological polar surface area (TPSA) is 17.8 Å². The smallest absolute Gasteiger partial charge is 0.418 e. The van der Waals surface area contributed by atoms with Crippen molar-refractivity contribution in [2.45, 2.75) is 32.7 Å². The summed E-state index contributed by atoms with van der Waals surface area (Å²) in [4.78, 5) is 3.96. The zero-order valence-corrected chi connectivity index (χ0v) is 8.54. The summed E-state index contributed by atoms with van der Waals surface area (Å²) in [5.74, 6) is 0. The van der Waals surface area contributed by atoms with Crippen molar-refractivity contribution in [1.29, 1.82) is 0 Å². The van der Waals surface area contributed by atoms with Crippen LogP contribution in [0.4, 0.5) is 17.3 Å². The van der Waals surface area contributed by atoms with Crippen LogP contribution in [-0.4, -0.2) is 16.8 Å². The van der Waals surface area contributed by atoms with Gasteiger partial charge in [-0.25, -0.2) is 4.98 Å². The van der Waals surface area contributed by atoms with Crippen LogP contribution in [-0.2, 0) is 6.54 Å². The third-order valence-corrected chi connectivity index (χ3v) is 1.58. The van der Waals surface area contributed by atoms with Gasteiger partial charge in [0.15, 0.2) is 0 Å². The van der Waals surface area contributed by atoms with E-state index < -0.39 is 7.25 Å². The predicted octanol–water partition coefficient (Wildman–Crippen LogP) is 3.37. The van der Waals surface area contributed by atoms with Gasteiger partial charge in [0.1, 0.15) is 0 Å². The van der Waals surface area contributed by atoms with Gasteiger partial charge in [-0.05, 0) is 6.42 Å². The van der Waals surface area contributed by atoms with E-state index in [-0.39, 0.29) is 0 Å². The van der Waals surface area contributed by atoms with E-state index in [9.17, 15) is 17.3 Å². The number of rotatable bonds is 4. The first-order valence-electron chi connectivity index (χ1n) is 4.76. The molecule has 0 aliphatic heterocycles. The van der Waals surface area contributed by atoms with E-state index in [1.54, 1.807) is 0 Å². The Bertz CT molecular complexity index is 229. The Morgan fingerprint density at radius 1 is 1.20 bits per heavy atom. The number of aromatic nitrogens is 2. The Hall–Kier alpha value is -1.01. The third kappa shape index (κ3) is 13.0. The first-order valence-corrected chi connectivity index (χ1v) is 4.76. The lowest BCUT2D eigenvalue weighted by molar-refractivity contribution is 0.368. The normalized spacial score (nSPS) is 10.7. The molecule has 0 saturated heterocycles. The Balaban J connectivity index is 0.000000336. The van der Waals surface area contributed by atoms with Gasteiger partial charge in [-0.1, -0.05) is 19.8 Å². The number of unbranched alkanes of at least 4 members (excludes halogenated alkanes) is 2. The Labute approximate surface area is 86.4 Å². The Kier molecular flexibility index (Phi) is 6.82. The molecule has 0 aliphatic rings. The summed E-state index contributed by atoms with van der Waals surface area (Å²) >= 11 is 0. The highest BCUT2D eigenvalue weighted by molar-refractivity contribution is 6.50. The third-order valence-electron chi connectivity index (χ3n) is 1.58. The highest BCUT2D eigenvalue weighted by Crippen LogP contribution is 2.06. The van der Waals surface area contributed by atoms with Crippen molar-refractivity contribution < 1.29 is 17.3 Å². The van der Waals surface area contributed by atoms with E-state index in [4.69, 9.17) is 0 Å². The summed E-state index contributed by atoms with van der Waals surface area (Å²) in [5.41, 5.74) is 0. The van der Waals surface area contributed by atoms with Crippen molar-refractivity contribution in [3.63, 3.8) is 0 Å². The van der Waals surface area contributed by atoms with Crippen molar-refractivity contribution in [2.75, 3.05) is 0 Å². The van der Waals surface area contributed by atoms with E-state index in [0.29, 0.717) is 0 Å². The fourth-order valence-corrected chi connectivity index (χ4v) is 0.963. The molecule has 1 aromatic heterocycles. The average molecular weight is 225 g/mol. The van der Waals surface area contributed by atoms with Crippen LogP contribution in [0.15, 0.2) is 18.7 Å². The number of aryl methyl sites for hydroxylation is 1. The maximum absolute atomic E-state index is 9.75. The molecule has 1 rings (SSSR count). The van der Waals surface area contributed by atoms with Gasteiger partial charge in [0.25, 0.3) is 0 Å². The molecule has 0 unspecified atom stereocenters. The van der Waals surface area contributed by atoms with Gasteiger partial charge in [-0.2, -0.15) is 0 Å². The minimum Gasteiger partial charge on any atom is -0.418 e. The second-order valence-electron chi connectivity index (χ2n) is 3.00. The number of imidazole rings is 1. The van der Waals surface area contributed by atoms with Crippen LogP contribution in [0.2, 0.25) is 0 Å². The second kappa shape index (κ2) is 7.31. The van der Waals surface area contributed by atoms with E-state index in [2.05, 4.69) is 16.5 Å². The maximum Gasteiger partial charge on any atom is 0.673 e. The minimum absolute atomic E-state index is 1.12. The van der Waals surface area contributed by atoms with Gasteiger partial charge in [0.2, 0.25) is 0 Å². The van der Waals surface area contributed by atoms with Crippen LogP contribution in [0.3, 0.4) is 0 Å². The van der Waals surface area contributed by atoms with Gasteiger partial charge in [-0.15, -0.1) is 0 Å². The van der Waals surface area contributed by atoms with E-state index in [1.807, 2.05) is 18.7 Å². The standard InChI is InChI=1S/C8H14N2.BF4/c1-2-3-4-6-10-7-5-9-8-10;2-1(3,4)5/h5,7-8H,2-4,6H2,1H3;/q;-1. The van der Waals surface area contributed by atoms with Crippen LogP contribution in [0.5, 0.6) is 0 Å². The summed E-state index contributed by atoms with van der Waals surface area (Å²) in [6.45, 7) is 3.34. The van der Waals surface area contributed by atoms with Gasteiger partial charge in [0, 0.05) is 18.9 Å². The van der Waals surface area contributed by atoms with Crippen LogP contribution in [0.1, 0.15) is 26.2 Å². The molecule has 0 aromatic carbocycles. The molecule has 0 spiro atoms. The molecular formula is C8H14BF4N2-. The zero-order chi connectivity index (χ0) is 11.7. The SMILES string of the molecule is CCCCCn1ccnc1.F[B-](F)(F)F. The van der Waals surface area contributed by atoms with Crippen LogP contribution in [0.25, 0.3) is 0 Å². The molecule has 0 atom stereocenters. The molecule has 88 valence electrons. The molecule has 7 heteroatoms. The van der Waals surface area contributed by atoms with Crippen LogP contribution < -0.4 is 0 Å². The van der Waals surface area contributed by atoms with Gasteiger partial charge in [0.05, 0.1) is 6.33 Å². The molecule has 0 bridgehead atoms. The summed E-state index contributed by atoms with van der Waals surface area (Å²) in [7, 11) is -6.00. The molecule has 0 aliphatic carbocycles. The molecule has 0 amide bonds. The predicted molar refractivity (Wildman–Crippen MR) is 51.9 cm³/mol. The van der Waals surface area contributed by atoms with E-state index in [1.165, 1.54) is 19.3 Å². The lowest BCUT2D eigenvalue weighted by atomic mass is 10.2. The molecular weight excluding hydrogens is 211 g/mol. The molecule has 1 heterocycles. The van der Waals surface area contributed by atoms with Gasteiger partial charge < -0.3 is 21.8 Å². The molecule has 0 saturated carbocycles. The second-order valence-corrected chi connectivity index (χ2v) is 3.00. The number of nitrogens with zero attached hydrogens (tertiary/aromatic N) is 2. The summed E-state index contributed by atoms with van der Waals surface area (Å²) in [5, 5.41) is 0. The summed E-state index contributed by atoms with van der Waals surface area (Å²) in [6, 6.07) is 0. The first kappa shape index (κ1) is 14.0. The fraction of sp³-hybridized carbons (Fsp3) is 0.625. The molecule has 0 radical (unpaired) electrons. The van der Waals surface area contributed by atoms with Crippen molar-refractivity contribution >= 4 is 7.25 Å². The molecule has 1 aromatic rings. The lowest BCUT2D eigenvalue weighted by Gasteiger charge is -1.98.